The lowest BCUT2D eigenvalue weighted by Gasteiger charge is -2.20. The Morgan fingerprint density at radius 1 is 0.731 bits per heavy atom. The predicted molar refractivity (Wildman–Crippen MR) is 115 cm³/mol. The summed E-state index contributed by atoms with van der Waals surface area (Å²) in [6.07, 6.45) is 28.8. The van der Waals surface area contributed by atoms with Gasteiger partial charge in [-0.15, -0.1) is 0 Å². The van der Waals surface area contributed by atoms with Crippen molar-refractivity contribution in [3.05, 3.63) is 36.2 Å². The highest BCUT2D eigenvalue weighted by atomic mass is 14.9. The van der Waals surface area contributed by atoms with E-state index in [4.69, 9.17) is 11.5 Å². The van der Waals surface area contributed by atoms with Crippen molar-refractivity contribution in [2.45, 2.75) is 103 Å². The van der Waals surface area contributed by atoms with Gasteiger partial charge in [0.2, 0.25) is 0 Å². The van der Waals surface area contributed by atoms with Gasteiger partial charge in [-0.2, -0.15) is 0 Å². The summed E-state index contributed by atoms with van der Waals surface area (Å²) < 4.78 is 0. The van der Waals surface area contributed by atoms with Crippen LogP contribution < -0.4 is 16.8 Å². The van der Waals surface area contributed by atoms with Gasteiger partial charge in [0, 0.05) is 11.9 Å². The molecule has 0 aromatic rings. The Morgan fingerprint density at radius 3 is 1.92 bits per heavy atom. The van der Waals surface area contributed by atoms with Gasteiger partial charge in [0.05, 0.1) is 6.17 Å². The maximum absolute atomic E-state index is 5.61. The van der Waals surface area contributed by atoms with E-state index in [0.29, 0.717) is 5.92 Å². The highest BCUT2D eigenvalue weighted by molar-refractivity contribution is 5.22. The summed E-state index contributed by atoms with van der Waals surface area (Å²) >= 11 is 0. The zero-order valence-corrected chi connectivity index (χ0v) is 17.1. The monoisotopic (exact) mass is 361 g/mol. The molecule has 0 saturated carbocycles. The van der Waals surface area contributed by atoms with Gasteiger partial charge >= 0.3 is 0 Å². The van der Waals surface area contributed by atoms with Gasteiger partial charge in [-0.25, -0.2) is 0 Å². The molecule has 0 aliphatic carbocycles. The fourth-order valence-corrected chi connectivity index (χ4v) is 3.65. The molecule has 0 fully saturated rings. The molecule has 3 nitrogen and oxygen atoms in total. The third kappa shape index (κ3) is 12.3. The van der Waals surface area contributed by atoms with Crippen LogP contribution in [0.2, 0.25) is 0 Å². The van der Waals surface area contributed by atoms with Gasteiger partial charge in [0.15, 0.2) is 0 Å². The van der Waals surface area contributed by atoms with E-state index in [-0.39, 0.29) is 6.17 Å². The number of hydrogen-bond acceptors (Lipinski definition) is 3. The van der Waals surface area contributed by atoms with Crippen LogP contribution in [0.3, 0.4) is 0 Å². The normalized spacial score (nSPS) is 15.0. The van der Waals surface area contributed by atoms with Gasteiger partial charge < -0.3 is 16.8 Å². The summed E-state index contributed by atoms with van der Waals surface area (Å²) in [5.41, 5.74) is 12.6. The van der Waals surface area contributed by atoms with Crippen molar-refractivity contribution in [2.24, 2.45) is 17.4 Å². The Morgan fingerprint density at radius 2 is 1.31 bits per heavy atom. The van der Waals surface area contributed by atoms with Crippen LogP contribution in [0.5, 0.6) is 0 Å². The number of hydrogen-bond donors (Lipinski definition) is 3. The fraction of sp³-hybridized carbons (Fsp3) is 0.739. The number of rotatable bonds is 16. The minimum absolute atomic E-state index is 0.133. The third-order valence-corrected chi connectivity index (χ3v) is 5.28. The van der Waals surface area contributed by atoms with Crippen LogP contribution in [0.15, 0.2) is 36.2 Å². The quantitative estimate of drug-likeness (QED) is 0.237. The lowest BCUT2D eigenvalue weighted by molar-refractivity contribution is 0.436. The van der Waals surface area contributed by atoms with Crippen LogP contribution in [0, 0.1) is 5.92 Å². The second kappa shape index (κ2) is 16.1. The molecule has 1 heterocycles. The van der Waals surface area contributed by atoms with Crippen molar-refractivity contribution in [1.29, 1.82) is 0 Å². The molecule has 5 N–H and O–H groups in total. The van der Waals surface area contributed by atoms with Gasteiger partial charge in [-0.1, -0.05) is 89.7 Å². The molecule has 0 amide bonds. The van der Waals surface area contributed by atoms with Gasteiger partial charge in [-0.05, 0) is 37.3 Å². The molecule has 0 radical (unpaired) electrons. The molecule has 26 heavy (non-hydrogen) atoms. The van der Waals surface area contributed by atoms with Crippen molar-refractivity contribution in [2.75, 3.05) is 0 Å². The molecule has 0 bridgehead atoms. The third-order valence-electron chi connectivity index (χ3n) is 5.28. The van der Waals surface area contributed by atoms with Crippen LogP contribution in [-0.2, 0) is 0 Å². The molecule has 1 atom stereocenters. The van der Waals surface area contributed by atoms with Crippen molar-refractivity contribution in [3.8, 4) is 0 Å². The first-order chi connectivity index (χ1) is 12.7. The molecule has 3 heteroatoms. The lowest BCUT2D eigenvalue weighted by Crippen LogP contribution is -2.29. The molecule has 1 aliphatic rings. The number of nitrogens with two attached hydrogens (primary N) is 2. The van der Waals surface area contributed by atoms with Crippen molar-refractivity contribution in [1.82, 2.24) is 5.32 Å². The van der Waals surface area contributed by atoms with E-state index >= 15 is 0 Å². The number of nitrogens with one attached hydrogen (secondary N) is 1. The van der Waals surface area contributed by atoms with Gasteiger partial charge in [0.1, 0.15) is 0 Å². The highest BCUT2D eigenvalue weighted by Gasteiger charge is 2.13. The van der Waals surface area contributed by atoms with Crippen LogP contribution in [0.25, 0.3) is 0 Å². The zero-order valence-electron chi connectivity index (χ0n) is 17.1. The van der Waals surface area contributed by atoms with Gasteiger partial charge in [-0.3, -0.25) is 0 Å². The first-order valence-electron chi connectivity index (χ1n) is 11.0. The van der Waals surface area contributed by atoms with Crippen molar-refractivity contribution >= 4 is 0 Å². The Labute approximate surface area is 162 Å². The van der Waals surface area contributed by atoms with E-state index in [1.165, 1.54) is 89.2 Å². The molecular weight excluding hydrogens is 318 g/mol. The SMILES string of the molecule is CCCCCCCCC(CCCCCCCC(N)N)C1=CC=CC=CN1. The first-order valence-corrected chi connectivity index (χ1v) is 11.0. The van der Waals surface area contributed by atoms with E-state index in [9.17, 15) is 0 Å². The summed E-state index contributed by atoms with van der Waals surface area (Å²) in [7, 11) is 0. The van der Waals surface area contributed by atoms with Crippen LogP contribution in [-0.4, -0.2) is 6.17 Å². The summed E-state index contributed by atoms with van der Waals surface area (Å²) in [6, 6.07) is 0. The summed E-state index contributed by atoms with van der Waals surface area (Å²) in [5.74, 6) is 0.672. The van der Waals surface area contributed by atoms with Crippen LogP contribution in [0.1, 0.15) is 96.8 Å². The molecule has 1 rings (SSSR count). The van der Waals surface area contributed by atoms with E-state index < -0.39 is 0 Å². The van der Waals surface area contributed by atoms with Crippen LogP contribution in [0.4, 0.5) is 0 Å². The molecule has 1 unspecified atom stereocenters. The molecule has 0 spiro atoms. The second-order valence-electron chi connectivity index (χ2n) is 7.77. The Balaban J connectivity index is 2.28. The van der Waals surface area contributed by atoms with Crippen molar-refractivity contribution < 1.29 is 0 Å². The molecule has 0 saturated heterocycles. The Hall–Kier alpha value is -1.06. The number of unbranched alkanes of at least 4 members (excludes halogenated alkanes) is 9. The maximum Gasteiger partial charge on any atom is 0.0520 e. The number of allylic oxidation sites excluding steroid dienone is 5. The van der Waals surface area contributed by atoms with Crippen molar-refractivity contribution in [3.63, 3.8) is 0 Å². The Kier molecular flexibility index (Phi) is 14.3. The predicted octanol–water partition coefficient (Wildman–Crippen LogP) is 5.88. The zero-order chi connectivity index (χ0) is 18.9. The standard InChI is InChI=1S/C23H43N3/c1-2-3-4-5-7-11-16-21(22-18-13-10-15-20-26-22)17-12-8-6-9-14-19-23(24)25/h10,13,15,18,20-21,23,26H,2-9,11-12,14,16-17,19,24-25H2,1H3. The fourth-order valence-electron chi connectivity index (χ4n) is 3.65. The highest BCUT2D eigenvalue weighted by Crippen LogP contribution is 2.25. The molecule has 0 aromatic heterocycles. The minimum atomic E-state index is -0.133. The first kappa shape index (κ1) is 23.0. The maximum atomic E-state index is 5.61. The molecule has 0 aromatic carbocycles. The lowest BCUT2D eigenvalue weighted by atomic mass is 9.91. The average molecular weight is 362 g/mol. The largest absolute Gasteiger partial charge is 0.365 e. The van der Waals surface area contributed by atoms with Crippen LogP contribution >= 0.6 is 0 Å². The second-order valence-corrected chi connectivity index (χ2v) is 7.77. The average Bonchev–Trinajstić information content (AvgIpc) is 2.91. The Bertz CT molecular complexity index is 410. The topological polar surface area (TPSA) is 64.1 Å². The molecule has 1 aliphatic heterocycles. The summed E-state index contributed by atoms with van der Waals surface area (Å²) in [4.78, 5) is 0. The molecule has 150 valence electrons. The van der Waals surface area contributed by atoms with Gasteiger partial charge in [0.25, 0.3) is 0 Å². The van der Waals surface area contributed by atoms with E-state index in [2.05, 4.69) is 42.7 Å². The smallest absolute Gasteiger partial charge is 0.0520 e. The summed E-state index contributed by atoms with van der Waals surface area (Å²) in [6.45, 7) is 2.28. The summed E-state index contributed by atoms with van der Waals surface area (Å²) in [5, 5.41) is 3.51. The van der Waals surface area contributed by atoms with E-state index in [1.54, 1.807) is 0 Å². The molecular formula is C23H43N3. The minimum Gasteiger partial charge on any atom is -0.365 e. The van der Waals surface area contributed by atoms with E-state index in [0.717, 1.165) is 6.42 Å². The van der Waals surface area contributed by atoms with E-state index in [1.807, 2.05) is 0 Å².